The minimum atomic E-state index is -1.06. The number of carboxylic acids is 1. The van der Waals surface area contributed by atoms with Crippen LogP contribution in [-0.4, -0.2) is 18.1 Å². The molecule has 0 fully saturated rings. The monoisotopic (exact) mass is 274 g/mol. The van der Waals surface area contributed by atoms with Crippen molar-refractivity contribution in [2.24, 2.45) is 0 Å². The molecule has 0 aromatic heterocycles. The Hall–Kier alpha value is -2.56. The van der Waals surface area contributed by atoms with Crippen molar-refractivity contribution in [2.75, 3.05) is 17.7 Å². The number of anilines is 2. The SMILES string of the molecule is CN(Cc1ccc(F)cc1)c1ccc(N)c(C(=O)O)c1. The second-order valence-corrected chi connectivity index (χ2v) is 4.56. The van der Waals surface area contributed by atoms with Crippen LogP contribution in [-0.2, 0) is 6.54 Å². The summed E-state index contributed by atoms with van der Waals surface area (Å²) in [6.45, 7) is 0.545. The fraction of sp³-hybridized carbons (Fsp3) is 0.133. The Morgan fingerprint density at radius 3 is 2.50 bits per heavy atom. The molecule has 2 aromatic rings. The van der Waals surface area contributed by atoms with Gasteiger partial charge in [-0.1, -0.05) is 12.1 Å². The van der Waals surface area contributed by atoms with Crippen LogP contribution in [0, 0.1) is 5.82 Å². The van der Waals surface area contributed by atoms with Crippen LogP contribution in [0.4, 0.5) is 15.8 Å². The van der Waals surface area contributed by atoms with Crippen molar-refractivity contribution in [2.45, 2.75) is 6.54 Å². The Morgan fingerprint density at radius 1 is 1.25 bits per heavy atom. The Labute approximate surface area is 116 Å². The molecule has 0 aliphatic heterocycles. The van der Waals surface area contributed by atoms with E-state index in [4.69, 9.17) is 10.8 Å². The largest absolute Gasteiger partial charge is 0.478 e. The molecule has 3 N–H and O–H groups in total. The van der Waals surface area contributed by atoms with Crippen LogP contribution in [0.3, 0.4) is 0 Å². The van der Waals surface area contributed by atoms with Crippen LogP contribution >= 0.6 is 0 Å². The van der Waals surface area contributed by atoms with Gasteiger partial charge >= 0.3 is 5.97 Å². The Bertz CT molecular complexity index is 626. The summed E-state index contributed by atoms with van der Waals surface area (Å²) in [5.74, 6) is -1.34. The number of nitrogens with two attached hydrogens (primary N) is 1. The lowest BCUT2D eigenvalue weighted by Crippen LogP contribution is -2.17. The van der Waals surface area contributed by atoms with Crippen molar-refractivity contribution >= 4 is 17.3 Å². The van der Waals surface area contributed by atoms with Crippen molar-refractivity contribution in [1.82, 2.24) is 0 Å². The van der Waals surface area contributed by atoms with Crippen LogP contribution in [0.1, 0.15) is 15.9 Å². The summed E-state index contributed by atoms with van der Waals surface area (Å²) < 4.78 is 12.8. The zero-order chi connectivity index (χ0) is 14.7. The molecule has 0 atom stereocenters. The van der Waals surface area contributed by atoms with Crippen LogP contribution in [0.2, 0.25) is 0 Å². The highest BCUT2D eigenvalue weighted by atomic mass is 19.1. The number of carbonyl (C=O) groups is 1. The molecular formula is C15H15FN2O2. The van der Waals surface area contributed by atoms with Crippen molar-refractivity contribution in [3.05, 3.63) is 59.4 Å². The van der Waals surface area contributed by atoms with Gasteiger partial charge in [0.1, 0.15) is 5.82 Å². The summed E-state index contributed by atoms with van der Waals surface area (Å²) in [7, 11) is 1.83. The highest BCUT2D eigenvalue weighted by Gasteiger charge is 2.11. The Kier molecular flexibility index (Phi) is 3.89. The standard InChI is InChI=1S/C15H15FN2O2/c1-18(9-10-2-4-11(16)5-3-10)12-6-7-14(17)13(8-12)15(19)20/h2-8H,9,17H2,1H3,(H,19,20). The summed E-state index contributed by atoms with van der Waals surface area (Å²) in [6, 6.07) is 11.0. The summed E-state index contributed by atoms with van der Waals surface area (Å²) in [4.78, 5) is 12.9. The second-order valence-electron chi connectivity index (χ2n) is 4.56. The lowest BCUT2D eigenvalue weighted by atomic mass is 10.1. The smallest absolute Gasteiger partial charge is 0.337 e. The van der Waals surface area contributed by atoms with E-state index in [1.165, 1.54) is 18.2 Å². The van der Waals surface area contributed by atoms with Crippen LogP contribution in [0.25, 0.3) is 0 Å². The van der Waals surface area contributed by atoms with Crippen molar-refractivity contribution < 1.29 is 14.3 Å². The average molecular weight is 274 g/mol. The first-order valence-electron chi connectivity index (χ1n) is 6.06. The lowest BCUT2D eigenvalue weighted by Gasteiger charge is -2.20. The number of benzene rings is 2. The molecule has 4 nitrogen and oxygen atoms in total. The molecule has 0 aliphatic carbocycles. The third-order valence-electron chi connectivity index (χ3n) is 3.04. The lowest BCUT2D eigenvalue weighted by molar-refractivity contribution is 0.0698. The Balaban J connectivity index is 2.20. The van der Waals surface area contributed by atoms with E-state index >= 15 is 0 Å². The van der Waals surface area contributed by atoms with Gasteiger partial charge in [-0.15, -0.1) is 0 Å². The van der Waals surface area contributed by atoms with Gasteiger partial charge in [0.05, 0.1) is 5.56 Å². The predicted octanol–water partition coefficient (Wildman–Crippen LogP) is 2.74. The topological polar surface area (TPSA) is 66.6 Å². The number of nitrogens with zero attached hydrogens (tertiary/aromatic N) is 1. The van der Waals surface area contributed by atoms with Crippen LogP contribution < -0.4 is 10.6 Å². The molecule has 20 heavy (non-hydrogen) atoms. The summed E-state index contributed by atoms with van der Waals surface area (Å²) in [5.41, 5.74) is 7.60. The summed E-state index contributed by atoms with van der Waals surface area (Å²) >= 11 is 0. The number of hydrogen-bond acceptors (Lipinski definition) is 3. The molecule has 0 aliphatic rings. The molecule has 0 amide bonds. The third kappa shape index (κ3) is 3.06. The maximum Gasteiger partial charge on any atom is 0.337 e. The summed E-state index contributed by atoms with van der Waals surface area (Å²) in [5, 5.41) is 9.05. The molecule has 0 heterocycles. The van der Waals surface area contributed by atoms with Gasteiger partial charge in [0, 0.05) is 25.0 Å². The molecule has 104 valence electrons. The highest BCUT2D eigenvalue weighted by Crippen LogP contribution is 2.22. The molecule has 0 saturated carbocycles. The number of aromatic carboxylic acids is 1. The van der Waals surface area contributed by atoms with Gasteiger partial charge in [-0.2, -0.15) is 0 Å². The normalized spacial score (nSPS) is 10.3. The van der Waals surface area contributed by atoms with E-state index < -0.39 is 5.97 Å². The average Bonchev–Trinajstić information content (AvgIpc) is 2.41. The van der Waals surface area contributed by atoms with Gasteiger partial charge in [0.15, 0.2) is 0 Å². The molecule has 5 heteroatoms. The van der Waals surface area contributed by atoms with Gasteiger partial charge in [0.2, 0.25) is 0 Å². The van der Waals surface area contributed by atoms with Crippen molar-refractivity contribution in [1.29, 1.82) is 0 Å². The van der Waals surface area contributed by atoms with E-state index in [0.717, 1.165) is 11.3 Å². The minimum absolute atomic E-state index is 0.0773. The zero-order valence-electron chi connectivity index (χ0n) is 11.0. The maximum atomic E-state index is 12.8. The minimum Gasteiger partial charge on any atom is -0.478 e. The molecule has 0 bridgehead atoms. The molecular weight excluding hydrogens is 259 g/mol. The van der Waals surface area contributed by atoms with E-state index in [9.17, 15) is 9.18 Å². The van der Waals surface area contributed by atoms with Gasteiger partial charge < -0.3 is 15.7 Å². The number of halogens is 1. The van der Waals surface area contributed by atoms with Gasteiger partial charge in [0.25, 0.3) is 0 Å². The zero-order valence-corrected chi connectivity index (χ0v) is 11.0. The van der Waals surface area contributed by atoms with E-state index in [0.29, 0.717) is 6.54 Å². The predicted molar refractivity (Wildman–Crippen MR) is 76.3 cm³/mol. The van der Waals surface area contributed by atoms with Gasteiger partial charge in [-0.3, -0.25) is 0 Å². The number of rotatable bonds is 4. The Morgan fingerprint density at radius 2 is 1.90 bits per heavy atom. The number of hydrogen-bond donors (Lipinski definition) is 2. The van der Waals surface area contributed by atoms with Crippen LogP contribution in [0.15, 0.2) is 42.5 Å². The van der Waals surface area contributed by atoms with Gasteiger partial charge in [-0.05, 0) is 35.9 Å². The third-order valence-corrected chi connectivity index (χ3v) is 3.04. The molecule has 0 saturated heterocycles. The fourth-order valence-corrected chi connectivity index (χ4v) is 1.92. The maximum absolute atomic E-state index is 12.8. The van der Waals surface area contributed by atoms with Gasteiger partial charge in [-0.25, -0.2) is 9.18 Å². The van der Waals surface area contributed by atoms with E-state index in [2.05, 4.69) is 0 Å². The number of nitrogen functional groups attached to an aromatic ring is 1. The molecule has 0 radical (unpaired) electrons. The molecule has 2 rings (SSSR count). The quantitative estimate of drug-likeness (QED) is 0.841. The first-order chi connectivity index (χ1) is 9.47. The van der Waals surface area contributed by atoms with E-state index in [1.807, 2.05) is 11.9 Å². The highest BCUT2D eigenvalue weighted by molar-refractivity contribution is 5.94. The molecule has 0 unspecified atom stereocenters. The first-order valence-corrected chi connectivity index (χ1v) is 6.06. The van der Waals surface area contributed by atoms with E-state index in [1.54, 1.807) is 24.3 Å². The summed E-state index contributed by atoms with van der Waals surface area (Å²) in [6.07, 6.45) is 0. The van der Waals surface area contributed by atoms with Crippen molar-refractivity contribution in [3.63, 3.8) is 0 Å². The van der Waals surface area contributed by atoms with E-state index in [-0.39, 0.29) is 17.1 Å². The van der Waals surface area contributed by atoms with Crippen LogP contribution in [0.5, 0.6) is 0 Å². The second kappa shape index (κ2) is 5.61. The molecule has 2 aromatic carbocycles. The fourth-order valence-electron chi connectivity index (χ4n) is 1.92. The molecule has 0 spiro atoms. The first kappa shape index (κ1) is 13.9. The van der Waals surface area contributed by atoms with Crippen molar-refractivity contribution in [3.8, 4) is 0 Å². The number of carboxylic acid groups (broad SMARTS) is 1.